The second-order valence-electron chi connectivity index (χ2n) is 6.63. The van der Waals surface area contributed by atoms with Gasteiger partial charge in [0.25, 0.3) is 0 Å². The van der Waals surface area contributed by atoms with Gasteiger partial charge in [-0.1, -0.05) is 26.2 Å². The monoisotopic (exact) mass is 283 g/mol. The third kappa shape index (κ3) is 3.95. The van der Waals surface area contributed by atoms with Gasteiger partial charge in [0.1, 0.15) is 0 Å². The zero-order valence-electron chi connectivity index (χ0n) is 12.9. The maximum absolute atomic E-state index is 11.4. The number of hydrogen-bond donors (Lipinski definition) is 1. The summed E-state index contributed by atoms with van der Waals surface area (Å²) in [6.07, 6.45) is 6.39. The topological polar surface area (TPSA) is 49.8 Å². The lowest BCUT2D eigenvalue weighted by Gasteiger charge is -2.38. The minimum atomic E-state index is -0.934. The van der Waals surface area contributed by atoms with Gasteiger partial charge in [-0.3, -0.25) is 0 Å². The van der Waals surface area contributed by atoms with Crippen LogP contribution in [0.5, 0.6) is 0 Å². The second-order valence-corrected chi connectivity index (χ2v) is 6.63. The lowest BCUT2D eigenvalue weighted by atomic mass is 9.79. The molecule has 1 aliphatic carbocycles. The van der Waals surface area contributed by atoms with Crippen molar-refractivity contribution in [3.63, 3.8) is 0 Å². The summed E-state index contributed by atoms with van der Waals surface area (Å²) in [5, 5.41) is 9.90. The molecule has 1 aliphatic heterocycles. The summed E-state index contributed by atoms with van der Waals surface area (Å²) >= 11 is 0. The van der Waals surface area contributed by atoms with Crippen LogP contribution in [0.4, 0.5) is 0 Å². The average Bonchev–Trinajstić information content (AvgIpc) is 2.49. The number of ether oxygens (including phenoxy) is 1. The Morgan fingerprint density at radius 2 is 1.90 bits per heavy atom. The molecule has 0 bridgehead atoms. The van der Waals surface area contributed by atoms with Gasteiger partial charge < -0.3 is 14.7 Å². The molecular weight excluding hydrogens is 254 g/mol. The zero-order valence-corrected chi connectivity index (χ0v) is 12.9. The predicted molar refractivity (Wildman–Crippen MR) is 78.3 cm³/mol. The number of hydrogen-bond acceptors (Lipinski definition) is 4. The molecule has 0 radical (unpaired) electrons. The Morgan fingerprint density at radius 1 is 1.25 bits per heavy atom. The number of aliphatic hydroxyl groups excluding tert-OH is 1. The standard InChI is InChI=1S/C16H29NO3/c1-12-5-3-4-6-14(12)11-17-9-7-13(8-10-17)15(18)16(19)20-2/h12-15,18H,3-11H2,1-2H3/t12-,14+,15+/m0/s1. The highest BCUT2D eigenvalue weighted by molar-refractivity contribution is 5.74. The first kappa shape index (κ1) is 15.8. The molecular formula is C16H29NO3. The molecule has 2 rings (SSSR count). The fourth-order valence-corrected chi connectivity index (χ4v) is 3.76. The molecule has 2 aliphatic rings. The average molecular weight is 283 g/mol. The van der Waals surface area contributed by atoms with Gasteiger partial charge in [0, 0.05) is 6.54 Å². The largest absolute Gasteiger partial charge is 0.467 e. The number of esters is 1. The first-order valence-electron chi connectivity index (χ1n) is 8.10. The molecule has 0 amide bonds. The summed E-state index contributed by atoms with van der Waals surface area (Å²) in [6.45, 7) is 5.59. The van der Waals surface area contributed by atoms with Crippen molar-refractivity contribution < 1.29 is 14.6 Å². The molecule has 0 aromatic rings. The van der Waals surface area contributed by atoms with Gasteiger partial charge in [-0.25, -0.2) is 4.79 Å². The number of rotatable bonds is 4. The first-order chi connectivity index (χ1) is 9.61. The summed E-state index contributed by atoms with van der Waals surface area (Å²) in [5.41, 5.74) is 0. The number of likely N-dealkylation sites (tertiary alicyclic amines) is 1. The smallest absolute Gasteiger partial charge is 0.334 e. The highest BCUT2D eigenvalue weighted by Gasteiger charge is 2.32. The molecule has 1 saturated carbocycles. The Bertz CT molecular complexity index is 313. The Hall–Kier alpha value is -0.610. The highest BCUT2D eigenvalue weighted by atomic mass is 16.5. The molecule has 116 valence electrons. The number of carbonyl (C=O) groups excluding carboxylic acids is 1. The quantitative estimate of drug-likeness (QED) is 0.802. The van der Waals surface area contributed by atoms with Crippen LogP contribution in [0, 0.1) is 17.8 Å². The molecule has 20 heavy (non-hydrogen) atoms. The van der Waals surface area contributed by atoms with Crippen LogP contribution in [0.25, 0.3) is 0 Å². The van der Waals surface area contributed by atoms with Crippen molar-refractivity contribution in [1.29, 1.82) is 0 Å². The third-order valence-electron chi connectivity index (χ3n) is 5.30. The SMILES string of the molecule is COC(=O)[C@H](O)C1CCN(C[C@H]2CCCC[C@@H]2C)CC1. The molecule has 2 fully saturated rings. The summed E-state index contributed by atoms with van der Waals surface area (Å²) in [4.78, 5) is 13.9. The van der Waals surface area contributed by atoms with E-state index in [0.717, 1.165) is 37.8 Å². The van der Waals surface area contributed by atoms with E-state index in [4.69, 9.17) is 0 Å². The van der Waals surface area contributed by atoms with Crippen LogP contribution < -0.4 is 0 Å². The molecule has 4 nitrogen and oxygen atoms in total. The molecule has 0 aromatic heterocycles. The number of nitrogens with zero attached hydrogens (tertiary/aromatic N) is 1. The molecule has 4 heteroatoms. The second kappa shape index (κ2) is 7.41. The number of aliphatic hydroxyl groups is 1. The van der Waals surface area contributed by atoms with Gasteiger partial charge in [0.2, 0.25) is 0 Å². The van der Waals surface area contributed by atoms with E-state index in [0.29, 0.717) is 0 Å². The Kier molecular flexibility index (Phi) is 5.85. The fraction of sp³-hybridized carbons (Fsp3) is 0.938. The van der Waals surface area contributed by atoms with Crippen LogP contribution in [-0.2, 0) is 9.53 Å². The van der Waals surface area contributed by atoms with Gasteiger partial charge in [-0.05, 0) is 50.1 Å². The number of methoxy groups -OCH3 is 1. The Balaban J connectivity index is 1.75. The molecule has 1 N–H and O–H groups in total. The van der Waals surface area contributed by atoms with E-state index in [1.165, 1.54) is 39.3 Å². The van der Waals surface area contributed by atoms with Crippen LogP contribution in [0.2, 0.25) is 0 Å². The van der Waals surface area contributed by atoms with E-state index in [1.54, 1.807) is 0 Å². The minimum absolute atomic E-state index is 0.0717. The van der Waals surface area contributed by atoms with Crippen LogP contribution in [-0.4, -0.2) is 48.8 Å². The van der Waals surface area contributed by atoms with Crippen LogP contribution in [0.15, 0.2) is 0 Å². The van der Waals surface area contributed by atoms with Crippen molar-refractivity contribution in [2.45, 2.75) is 51.6 Å². The normalized spacial score (nSPS) is 30.9. The van der Waals surface area contributed by atoms with Crippen LogP contribution in [0.3, 0.4) is 0 Å². The zero-order chi connectivity index (χ0) is 14.5. The van der Waals surface area contributed by atoms with E-state index >= 15 is 0 Å². The van der Waals surface area contributed by atoms with Gasteiger partial charge >= 0.3 is 5.97 Å². The highest BCUT2D eigenvalue weighted by Crippen LogP contribution is 2.31. The third-order valence-corrected chi connectivity index (χ3v) is 5.30. The molecule has 3 atom stereocenters. The Labute approximate surface area is 122 Å². The van der Waals surface area contributed by atoms with Crippen molar-refractivity contribution in [2.24, 2.45) is 17.8 Å². The Morgan fingerprint density at radius 3 is 2.50 bits per heavy atom. The van der Waals surface area contributed by atoms with E-state index in [-0.39, 0.29) is 5.92 Å². The van der Waals surface area contributed by atoms with Gasteiger partial charge in [-0.15, -0.1) is 0 Å². The maximum atomic E-state index is 11.4. The van der Waals surface area contributed by atoms with Crippen LogP contribution in [0.1, 0.15) is 45.4 Å². The summed E-state index contributed by atoms with van der Waals surface area (Å²) in [6, 6.07) is 0. The van der Waals surface area contributed by atoms with E-state index < -0.39 is 12.1 Å². The minimum Gasteiger partial charge on any atom is -0.467 e. The first-order valence-corrected chi connectivity index (χ1v) is 8.10. The summed E-state index contributed by atoms with van der Waals surface area (Å²) in [5.74, 6) is 1.28. The van der Waals surface area contributed by atoms with Gasteiger partial charge in [-0.2, -0.15) is 0 Å². The van der Waals surface area contributed by atoms with Crippen LogP contribution >= 0.6 is 0 Å². The van der Waals surface area contributed by atoms with Crippen molar-refractivity contribution in [3.05, 3.63) is 0 Å². The van der Waals surface area contributed by atoms with Gasteiger partial charge in [0.15, 0.2) is 6.10 Å². The molecule has 0 unspecified atom stereocenters. The fourth-order valence-electron chi connectivity index (χ4n) is 3.76. The lowest BCUT2D eigenvalue weighted by Crippen LogP contribution is -2.43. The maximum Gasteiger partial charge on any atom is 0.334 e. The summed E-state index contributed by atoms with van der Waals surface area (Å²) < 4.78 is 4.63. The number of piperidine rings is 1. The van der Waals surface area contributed by atoms with Crippen molar-refractivity contribution in [1.82, 2.24) is 4.90 Å². The van der Waals surface area contributed by atoms with E-state index in [2.05, 4.69) is 16.6 Å². The lowest BCUT2D eigenvalue weighted by molar-refractivity contribution is -0.154. The molecule has 1 saturated heterocycles. The van der Waals surface area contributed by atoms with Crippen molar-refractivity contribution in [3.8, 4) is 0 Å². The van der Waals surface area contributed by atoms with Crippen molar-refractivity contribution >= 4 is 5.97 Å². The number of carbonyl (C=O) groups is 1. The van der Waals surface area contributed by atoms with Crippen molar-refractivity contribution in [2.75, 3.05) is 26.7 Å². The summed E-state index contributed by atoms with van der Waals surface area (Å²) in [7, 11) is 1.34. The van der Waals surface area contributed by atoms with E-state index in [9.17, 15) is 9.90 Å². The predicted octanol–water partition coefficient (Wildman–Crippen LogP) is 2.06. The molecule has 1 heterocycles. The van der Waals surface area contributed by atoms with E-state index in [1.807, 2.05) is 0 Å². The molecule has 0 aromatic carbocycles. The molecule has 0 spiro atoms. The van der Waals surface area contributed by atoms with Gasteiger partial charge in [0.05, 0.1) is 7.11 Å².